The minimum atomic E-state index is -4.74. The second kappa shape index (κ2) is 9.62. The number of aliphatic hydroxyl groups excluding tert-OH is 1. The summed E-state index contributed by atoms with van der Waals surface area (Å²) in [5, 5.41) is 12.7. The van der Waals surface area contributed by atoms with E-state index in [2.05, 4.69) is 15.3 Å². The van der Waals surface area contributed by atoms with Crippen molar-refractivity contribution in [3.8, 4) is 10.4 Å². The number of aliphatic hydroxyl groups is 1. The molecular weight excluding hydrogens is 495 g/mol. The Morgan fingerprint density at radius 2 is 1.89 bits per heavy atom. The number of alkyl halides is 3. The van der Waals surface area contributed by atoms with E-state index in [1.165, 1.54) is 4.90 Å². The second-order valence-corrected chi connectivity index (χ2v) is 11.4. The molecule has 12 heteroatoms. The molecule has 196 valence electrons. The zero-order chi connectivity index (χ0) is 26.4. The summed E-state index contributed by atoms with van der Waals surface area (Å²) in [6.45, 7) is 8.19. The molecule has 0 unspecified atom stereocenters. The van der Waals surface area contributed by atoms with Gasteiger partial charge in [-0.25, -0.2) is 9.97 Å². The summed E-state index contributed by atoms with van der Waals surface area (Å²) < 4.78 is 42.7. The molecule has 2 aromatic rings. The van der Waals surface area contributed by atoms with Crippen LogP contribution in [0.25, 0.3) is 10.4 Å². The summed E-state index contributed by atoms with van der Waals surface area (Å²) in [5.74, 6) is -0.970. The van der Waals surface area contributed by atoms with Crippen molar-refractivity contribution in [2.45, 2.75) is 70.8 Å². The van der Waals surface area contributed by atoms with Crippen molar-refractivity contribution >= 4 is 29.0 Å². The van der Waals surface area contributed by atoms with Crippen molar-refractivity contribution in [1.29, 1.82) is 0 Å². The molecule has 0 bridgehead atoms. The number of amides is 2. The summed E-state index contributed by atoms with van der Waals surface area (Å²) >= 11 is 0.755. The Hall–Kier alpha value is -2.73. The molecule has 2 saturated heterocycles. The number of nitrogens with one attached hydrogen (secondary N) is 1. The molecule has 8 nitrogen and oxygen atoms in total. The Balaban J connectivity index is 1.83. The fourth-order valence-electron chi connectivity index (χ4n) is 4.50. The molecule has 2 aliphatic rings. The van der Waals surface area contributed by atoms with Crippen LogP contribution >= 0.6 is 11.3 Å². The van der Waals surface area contributed by atoms with E-state index >= 15 is 0 Å². The lowest BCUT2D eigenvalue weighted by molar-refractivity contribution is -0.137. The van der Waals surface area contributed by atoms with Crippen LogP contribution in [0.15, 0.2) is 12.3 Å². The largest absolute Gasteiger partial charge is 0.417 e. The Kier molecular flexibility index (Phi) is 7.04. The smallest absolute Gasteiger partial charge is 0.391 e. The quantitative estimate of drug-likeness (QED) is 0.619. The van der Waals surface area contributed by atoms with Gasteiger partial charge in [0.25, 0.3) is 11.8 Å². The van der Waals surface area contributed by atoms with Crippen LogP contribution in [0.1, 0.15) is 72.8 Å². The van der Waals surface area contributed by atoms with E-state index in [1.807, 2.05) is 6.92 Å². The number of carbonyl (C=O) groups is 2. The van der Waals surface area contributed by atoms with Crippen molar-refractivity contribution < 1.29 is 27.9 Å². The standard InChI is InChI=1S/C24H30F3N5O3S/c1-13-6-5-8-32(13)21(34)18-19(36-20(29-18)22(35)31-9-7-14(33)12-31)15-11-28-17(30-23(2,3)4)10-16(15)24(25,26)27/h10-11,13-14,33H,5-9,12H2,1-4H3,(H,28,30)/t13-,14-/m0/s1. The highest BCUT2D eigenvalue weighted by Gasteiger charge is 2.39. The zero-order valence-electron chi connectivity index (χ0n) is 20.6. The van der Waals surface area contributed by atoms with Gasteiger partial charge in [0.1, 0.15) is 11.5 Å². The molecule has 0 saturated carbocycles. The molecule has 0 aliphatic carbocycles. The van der Waals surface area contributed by atoms with Gasteiger partial charge in [-0.3, -0.25) is 9.59 Å². The first-order valence-electron chi connectivity index (χ1n) is 11.9. The van der Waals surface area contributed by atoms with E-state index in [4.69, 9.17) is 0 Å². The number of thiazole rings is 1. The Labute approximate surface area is 211 Å². The van der Waals surface area contributed by atoms with Crippen LogP contribution in [0, 0.1) is 0 Å². The number of likely N-dealkylation sites (tertiary alicyclic amines) is 2. The predicted molar refractivity (Wildman–Crippen MR) is 130 cm³/mol. The van der Waals surface area contributed by atoms with Crippen LogP contribution < -0.4 is 5.32 Å². The van der Waals surface area contributed by atoms with Gasteiger partial charge in [-0.2, -0.15) is 13.2 Å². The lowest BCUT2D eigenvalue weighted by Crippen LogP contribution is -2.34. The summed E-state index contributed by atoms with van der Waals surface area (Å²) in [6.07, 6.45) is -2.34. The van der Waals surface area contributed by atoms with E-state index in [0.717, 1.165) is 36.4 Å². The molecule has 2 aromatic heterocycles. The van der Waals surface area contributed by atoms with E-state index in [0.29, 0.717) is 19.5 Å². The van der Waals surface area contributed by atoms with Crippen molar-refractivity contribution in [3.63, 3.8) is 0 Å². The summed E-state index contributed by atoms with van der Waals surface area (Å²) in [6, 6.07) is 0.837. The van der Waals surface area contributed by atoms with Crippen molar-refractivity contribution in [2.75, 3.05) is 25.0 Å². The average Bonchev–Trinajstić information content (AvgIpc) is 3.50. The maximum absolute atomic E-state index is 14.2. The Morgan fingerprint density at radius 1 is 1.17 bits per heavy atom. The molecule has 36 heavy (non-hydrogen) atoms. The molecule has 2 aliphatic heterocycles. The summed E-state index contributed by atoms with van der Waals surface area (Å²) in [5.41, 5.74) is -1.96. The van der Waals surface area contributed by atoms with Gasteiger partial charge in [0.2, 0.25) is 0 Å². The van der Waals surface area contributed by atoms with Gasteiger partial charge in [-0.1, -0.05) is 0 Å². The maximum atomic E-state index is 14.2. The highest BCUT2D eigenvalue weighted by molar-refractivity contribution is 7.17. The van der Waals surface area contributed by atoms with E-state index in [1.54, 1.807) is 25.7 Å². The van der Waals surface area contributed by atoms with Crippen molar-refractivity contribution in [1.82, 2.24) is 19.8 Å². The number of rotatable bonds is 4. The lowest BCUT2D eigenvalue weighted by Gasteiger charge is -2.23. The first kappa shape index (κ1) is 26.3. The van der Waals surface area contributed by atoms with Gasteiger partial charge in [0.05, 0.1) is 16.5 Å². The number of halogens is 3. The molecule has 2 fully saturated rings. The highest BCUT2D eigenvalue weighted by atomic mass is 32.1. The third-order valence-electron chi connectivity index (χ3n) is 6.23. The van der Waals surface area contributed by atoms with Crippen LogP contribution in [0.4, 0.5) is 19.0 Å². The van der Waals surface area contributed by atoms with E-state index in [9.17, 15) is 27.9 Å². The number of β-amino-alcohol motifs (C(OH)–C–C–N with tert-alkyl or cyclic N) is 1. The number of nitrogens with zero attached hydrogens (tertiary/aromatic N) is 4. The number of carbonyl (C=O) groups excluding carboxylic acids is 2. The minimum absolute atomic E-state index is 0.0377. The number of anilines is 1. The Bertz CT molecular complexity index is 1160. The number of pyridine rings is 1. The predicted octanol–water partition coefficient (Wildman–Crippen LogP) is 4.27. The number of hydrogen-bond donors (Lipinski definition) is 2. The second-order valence-electron chi connectivity index (χ2n) is 10.4. The van der Waals surface area contributed by atoms with Gasteiger partial charge in [0.15, 0.2) is 5.01 Å². The number of aromatic nitrogens is 2. The van der Waals surface area contributed by atoms with Crippen molar-refractivity contribution in [2.24, 2.45) is 0 Å². The van der Waals surface area contributed by atoms with E-state index in [-0.39, 0.29) is 39.5 Å². The summed E-state index contributed by atoms with van der Waals surface area (Å²) in [4.78, 5) is 38.0. The van der Waals surface area contributed by atoms with Gasteiger partial charge in [0, 0.05) is 43.0 Å². The molecule has 2 atom stereocenters. The van der Waals surface area contributed by atoms with Gasteiger partial charge in [-0.05, 0) is 53.0 Å². The van der Waals surface area contributed by atoms with Gasteiger partial charge in [-0.15, -0.1) is 11.3 Å². The van der Waals surface area contributed by atoms with Crippen LogP contribution in [-0.2, 0) is 6.18 Å². The van der Waals surface area contributed by atoms with Crippen LogP contribution in [0.3, 0.4) is 0 Å². The van der Waals surface area contributed by atoms with Crippen LogP contribution in [0.2, 0.25) is 0 Å². The van der Waals surface area contributed by atoms with Crippen LogP contribution in [0.5, 0.6) is 0 Å². The highest BCUT2D eigenvalue weighted by Crippen LogP contribution is 2.42. The zero-order valence-corrected chi connectivity index (χ0v) is 21.5. The summed E-state index contributed by atoms with van der Waals surface area (Å²) in [7, 11) is 0. The molecule has 4 rings (SSSR count). The number of hydrogen-bond acceptors (Lipinski definition) is 7. The molecule has 2 amide bonds. The Morgan fingerprint density at radius 3 is 2.44 bits per heavy atom. The van der Waals surface area contributed by atoms with Gasteiger partial charge < -0.3 is 20.2 Å². The molecule has 0 radical (unpaired) electrons. The fourth-order valence-corrected chi connectivity index (χ4v) is 5.54. The molecule has 2 N–H and O–H groups in total. The van der Waals surface area contributed by atoms with Gasteiger partial charge >= 0.3 is 6.18 Å². The lowest BCUT2D eigenvalue weighted by atomic mass is 10.1. The maximum Gasteiger partial charge on any atom is 0.417 e. The molecule has 0 aromatic carbocycles. The molecule has 4 heterocycles. The topological polar surface area (TPSA) is 98.7 Å². The van der Waals surface area contributed by atoms with E-state index < -0.39 is 35.2 Å². The fraction of sp³-hybridized carbons (Fsp3) is 0.583. The monoisotopic (exact) mass is 525 g/mol. The first-order chi connectivity index (χ1) is 16.7. The third kappa shape index (κ3) is 5.49. The first-order valence-corrected chi connectivity index (χ1v) is 12.7. The minimum Gasteiger partial charge on any atom is -0.391 e. The average molecular weight is 526 g/mol. The van der Waals surface area contributed by atoms with Crippen molar-refractivity contribution in [3.05, 3.63) is 28.5 Å². The molecular formula is C24H30F3N5O3S. The third-order valence-corrected chi connectivity index (χ3v) is 7.31. The molecule has 0 spiro atoms. The SMILES string of the molecule is C[C@H]1CCCN1C(=O)c1nc(C(=O)N2CC[C@H](O)C2)sc1-c1cnc(NC(C)(C)C)cc1C(F)(F)F. The normalized spacial score (nSPS) is 20.8. The van der Waals surface area contributed by atoms with Crippen LogP contribution in [-0.4, -0.2) is 74.0 Å².